The van der Waals surface area contributed by atoms with E-state index >= 15 is 0 Å². The second kappa shape index (κ2) is 7.21. The van der Waals surface area contributed by atoms with Gasteiger partial charge in [0.25, 0.3) is 0 Å². The maximum atomic E-state index is 11.8. The quantitative estimate of drug-likeness (QED) is 0.513. The Morgan fingerprint density at radius 2 is 1.80 bits per heavy atom. The van der Waals surface area contributed by atoms with Crippen LogP contribution in [0.25, 0.3) is 16.9 Å². The van der Waals surface area contributed by atoms with Gasteiger partial charge in [0.2, 0.25) is 5.28 Å². The summed E-state index contributed by atoms with van der Waals surface area (Å²) in [5.74, 6) is -0.342. The Morgan fingerprint density at radius 1 is 1.16 bits per heavy atom. The molecule has 3 aromatic rings. The Hall–Kier alpha value is -2.44. The molecule has 3 rings (SSSR count). The van der Waals surface area contributed by atoms with Crippen LogP contribution in [-0.2, 0) is 16.0 Å². The molecular weight excluding hydrogens is 363 g/mol. The van der Waals surface area contributed by atoms with Crippen LogP contribution in [0.4, 0.5) is 0 Å². The predicted octanol–water partition coefficient (Wildman–Crippen LogP) is 3.66. The second-order valence-corrected chi connectivity index (χ2v) is 6.07. The number of ether oxygens (including phenoxy) is 1. The van der Waals surface area contributed by atoms with Crippen LogP contribution in [0.2, 0.25) is 10.3 Å². The minimum absolute atomic E-state index is 0.106. The molecule has 0 aliphatic heterocycles. The zero-order chi connectivity index (χ0) is 18.0. The number of rotatable bonds is 4. The summed E-state index contributed by atoms with van der Waals surface area (Å²) in [6.07, 6.45) is 3.25. The fraction of sp³-hybridized carbons (Fsp3) is 0.176. The van der Waals surface area contributed by atoms with Gasteiger partial charge in [-0.2, -0.15) is 5.10 Å². The van der Waals surface area contributed by atoms with Crippen LogP contribution in [0.15, 0.2) is 36.7 Å². The molecular formula is C17H14Cl2N4O2. The van der Waals surface area contributed by atoms with Crippen molar-refractivity contribution in [3.05, 3.63) is 58.2 Å². The first-order chi connectivity index (χ1) is 12.0. The molecule has 0 radical (unpaired) electrons. The number of nitrogens with zero attached hydrogens (tertiary/aromatic N) is 4. The van der Waals surface area contributed by atoms with Crippen molar-refractivity contribution in [2.45, 2.75) is 13.3 Å². The second-order valence-electron chi connectivity index (χ2n) is 5.29. The van der Waals surface area contributed by atoms with Gasteiger partial charge in [0.15, 0.2) is 0 Å². The van der Waals surface area contributed by atoms with E-state index in [1.54, 1.807) is 29.2 Å². The summed E-state index contributed by atoms with van der Waals surface area (Å²) in [5, 5.41) is 5.32. The van der Waals surface area contributed by atoms with Crippen LogP contribution >= 0.6 is 23.2 Å². The smallest absolute Gasteiger partial charge is 0.310 e. The van der Waals surface area contributed by atoms with Crippen LogP contribution in [0, 0.1) is 6.92 Å². The highest BCUT2D eigenvalue weighted by Crippen LogP contribution is 2.30. The van der Waals surface area contributed by atoms with Crippen molar-refractivity contribution >= 4 is 29.2 Å². The van der Waals surface area contributed by atoms with Gasteiger partial charge in [0.05, 0.1) is 37.3 Å². The highest BCUT2D eigenvalue weighted by atomic mass is 35.5. The van der Waals surface area contributed by atoms with Crippen LogP contribution < -0.4 is 0 Å². The molecule has 128 valence electrons. The molecule has 2 heterocycles. The van der Waals surface area contributed by atoms with E-state index in [0.717, 1.165) is 16.8 Å². The lowest BCUT2D eigenvalue weighted by Crippen LogP contribution is -2.07. The summed E-state index contributed by atoms with van der Waals surface area (Å²) in [5.41, 5.74) is 3.73. The predicted molar refractivity (Wildman–Crippen MR) is 95.1 cm³/mol. The fourth-order valence-electron chi connectivity index (χ4n) is 2.49. The lowest BCUT2D eigenvalue weighted by Gasteiger charge is -2.10. The summed E-state index contributed by atoms with van der Waals surface area (Å²) in [6, 6.07) is 7.30. The molecule has 0 aliphatic carbocycles. The van der Waals surface area contributed by atoms with Crippen molar-refractivity contribution in [2.24, 2.45) is 0 Å². The summed E-state index contributed by atoms with van der Waals surface area (Å²) in [7, 11) is 1.36. The summed E-state index contributed by atoms with van der Waals surface area (Å²) in [4.78, 5) is 19.8. The topological polar surface area (TPSA) is 69.9 Å². The first-order valence-corrected chi connectivity index (χ1v) is 8.14. The minimum Gasteiger partial charge on any atom is -0.469 e. The van der Waals surface area contributed by atoms with Gasteiger partial charge in [-0.3, -0.25) is 4.79 Å². The number of hydrogen-bond donors (Lipinski definition) is 0. The molecule has 0 N–H and O–H groups in total. The van der Waals surface area contributed by atoms with Crippen molar-refractivity contribution in [1.29, 1.82) is 0 Å². The molecule has 1 aromatic carbocycles. The third-order valence-electron chi connectivity index (χ3n) is 3.70. The Morgan fingerprint density at radius 3 is 2.40 bits per heavy atom. The van der Waals surface area contributed by atoms with E-state index in [1.165, 1.54) is 7.11 Å². The van der Waals surface area contributed by atoms with Crippen molar-refractivity contribution < 1.29 is 9.53 Å². The SMILES string of the molecule is COC(=O)Cc1c(C)nn(-c2cnc(Cl)nc2)c1-c1ccc(Cl)cc1. The fourth-order valence-corrected chi connectivity index (χ4v) is 2.72. The van der Waals surface area contributed by atoms with Gasteiger partial charge in [-0.15, -0.1) is 0 Å². The normalized spacial score (nSPS) is 10.7. The van der Waals surface area contributed by atoms with Crippen LogP contribution in [0.5, 0.6) is 0 Å². The standard InChI is InChI=1S/C17H14Cl2N4O2/c1-10-14(7-15(24)25-2)16(11-3-5-12(18)6-4-11)23(22-10)13-8-20-17(19)21-9-13/h3-6,8-9H,7H2,1-2H3. The van der Waals surface area contributed by atoms with Gasteiger partial charge >= 0.3 is 5.97 Å². The van der Waals surface area contributed by atoms with Crippen molar-refractivity contribution in [2.75, 3.05) is 7.11 Å². The molecule has 6 nitrogen and oxygen atoms in total. The molecule has 0 aliphatic rings. The largest absolute Gasteiger partial charge is 0.469 e. The zero-order valence-corrected chi connectivity index (χ0v) is 15.0. The molecule has 0 saturated carbocycles. The molecule has 0 bridgehead atoms. The first-order valence-electron chi connectivity index (χ1n) is 7.38. The average molecular weight is 377 g/mol. The van der Waals surface area contributed by atoms with E-state index in [1.807, 2.05) is 19.1 Å². The molecule has 2 aromatic heterocycles. The summed E-state index contributed by atoms with van der Waals surface area (Å²) >= 11 is 11.8. The van der Waals surface area contributed by atoms with Crippen LogP contribution in [0.1, 0.15) is 11.3 Å². The Bertz CT molecular complexity index is 906. The third kappa shape index (κ3) is 3.65. The Kier molecular flexibility index (Phi) is 5.01. The Labute approximate surface area is 154 Å². The number of esters is 1. The van der Waals surface area contributed by atoms with E-state index in [9.17, 15) is 4.79 Å². The van der Waals surface area contributed by atoms with Crippen LogP contribution in [0.3, 0.4) is 0 Å². The minimum atomic E-state index is -0.342. The molecule has 0 spiro atoms. The lowest BCUT2D eigenvalue weighted by molar-refractivity contribution is -0.139. The average Bonchev–Trinajstić information content (AvgIpc) is 2.93. The molecule has 8 heteroatoms. The molecule has 0 atom stereocenters. The number of carbonyl (C=O) groups is 1. The first kappa shape index (κ1) is 17.4. The number of benzene rings is 1. The third-order valence-corrected chi connectivity index (χ3v) is 4.15. The van der Waals surface area contributed by atoms with Crippen molar-refractivity contribution in [1.82, 2.24) is 19.7 Å². The Balaban J connectivity index is 2.20. The number of aromatic nitrogens is 4. The van der Waals surface area contributed by atoms with Gasteiger partial charge in [0, 0.05) is 16.1 Å². The highest BCUT2D eigenvalue weighted by molar-refractivity contribution is 6.30. The molecule has 0 amide bonds. The van der Waals surface area contributed by atoms with Gasteiger partial charge in [-0.05, 0) is 30.7 Å². The number of methoxy groups -OCH3 is 1. The van der Waals surface area contributed by atoms with Gasteiger partial charge in [-0.25, -0.2) is 14.6 Å². The monoisotopic (exact) mass is 376 g/mol. The van der Waals surface area contributed by atoms with Crippen molar-refractivity contribution in [3.8, 4) is 16.9 Å². The van der Waals surface area contributed by atoms with E-state index in [2.05, 4.69) is 15.1 Å². The summed E-state index contributed by atoms with van der Waals surface area (Å²) < 4.78 is 6.50. The van der Waals surface area contributed by atoms with Crippen LogP contribution in [-0.4, -0.2) is 32.8 Å². The van der Waals surface area contributed by atoms with E-state index in [4.69, 9.17) is 27.9 Å². The maximum absolute atomic E-state index is 11.8. The van der Waals surface area contributed by atoms with Crippen molar-refractivity contribution in [3.63, 3.8) is 0 Å². The van der Waals surface area contributed by atoms with E-state index < -0.39 is 0 Å². The maximum Gasteiger partial charge on any atom is 0.310 e. The molecule has 0 unspecified atom stereocenters. The van der Waals surface area contributed by atoms with E-state index in [0.29, 0.717) is 16.4 Å². The molecule has 25 heavy (non-hydrogen) atoms. The zero-order valence-electron chi connectivity index (χ0n) is 13.5. The van der Waals surface area contributed by atoms with E-state index in [-0.39, 0.29) is 17.7 Å². The van der Waals surface area contributed by atoms with Gasteiger partial charge < -0.3 is 4.74 Å². The number of hydrogen-bond acceptors (Lipinski definition) is 5. The highest BCUT2D eigenvalue weighted by Gasteiger charge is 2.21. The molecule has 0 fully saturated rings. The molecule has 0 saturated heterocycles. The number of carbonyl (C=O) groups excluding carboxylic acids is 1. The number of aryl methyl sites for hydroxylation is 1. The number of halogens is 2. The lowest BCUT2D eigenvalue weighted by atomic mass is 10.0. The van der Waals surface area contributed by atoms with Gasteiger partial charge in [-0.1, -0.05) is 23.7 Å². The summed E-state index contributed by atoms with van der Waals surface area (Å²) in [6.45, 7) is 1.84. The van der Waals surface area contributed by atoms with Gasteiger partial charge in [0.1, 0.15) is 5.69 Å².